The predicted molar refractivity (Wildman–Crippen MR) is 109 cm³/mol. The molecule has 1 heterocycles. The summed E-state index contributed by atoms with van der Waals surface area (Å²) in [4.78, 5) is 26.1. The summed E-state index contributed by atoms with van der Waals surface area (Å²) in [7, 11) is 0. The van der Waals surface area contributed by atoms with Gasteiger partial charge in [-0.1, -0.05) is 35.9 Å². The Morgan fingerprint density at radius 1 is 1.12 bits per heavy atom. The van der Waals surface area contributed by atoms with Crippen LogP contribution in [0, 0.1) is 3.57 Å². The number of nitrogens with zero attached hydrogens (tertiary/aromatic N) is 1. The highest BCUT2D eigenvalue weighted by molar-refractivity contribution is 14.1. The van der Waals surface area contributed by atoms with Crippen LogP contribution in [0.5, 0.6) is 5.75 Å². The molecule has 0 unspecified atom stereocenters. The number of imide groups is 1. The van der Waals surface area contributed by atoms with E-state index in [0.717, 1.165) is 20.9 Å². The zero-order chi connectivity index (χ0) is 17.8. The van der Waals surface area contributed by atoms with Gasteiger partial charge in [-0.2, -0.15) is 0 Å². The van der Waals surface area contributed by atoms with Crippen LogP contribution in [0.2, 0.25) is 5.02 Å². The van der Waals surface area contributed by atoms with Gasteiger partial charge in [-0.25, -0.2) is 0 Å². The van der Waals surface area contributed by atoms with Crippen molar-refractivity contribution in [1.29, 1.82) is 0 Å². The Morgan fingerprint density at radius 3 is 2.56 bits per heavy atom. The van der Waals surface area contributed by atoms with Gasteiger partial charge in [0.1, 0.15) is 12.4 Å². The first kappa shape index (κ1) is 18.3. The standard InChI is InChI=1S/C18H13ClINO3S/c19-14-3-1-2-4-15(14)24-10-9-21-17(22)16(25-18(21)23)11-12-5-7-13(20)8-6-12/h1-8,11H,9-10H2/b16-11-. The van der Waals surface area contributed by atoms with E-state index in [9.17, 15) is 9.59 Å². The normalized spacial score (nSPS) is 15.9. The summed E-state index contributed by atoms with van der Waals surface area (Å²) in [6.45, 7) is 0.374. The maximum Gasteiger partial charge on any atom is 0.293 e. The zero-order valence-corrected chi connectivity index (χ0v) is 16.7. The van der Waals surface area contributed by atoms with Gasteiger partial charge in [0.05, 0.1) is 16.5 Å². The Morgan fingerprint density at radius 2 is 1.84 bits per heavy atom. The third kappa shape index (κ3) is 4.56. The Labute approximate surface area is 168 Å². The van der Waals surface area contributed by atoms with Crippen molar-refractivity contribution in [3.63, 3.8) is 0 Å². The molecule has 2 aromatic rings. The Balaban J connectivity index is 1.63. The number of carbonyl (C=O) groups is 2. The van der Waals surface area contributed by atoms with E-state index in [1.165, 1.54) is 4.90 Å². The van der Waals surface area contributed by atoms with Crippen molar-refractivity contribution in [2.45, 2.75) is 0 Å². The number of rotatable bonds is 5. The number of ether oxygens (including phenoxy) is 1. The second-order valence-corrected chi connectivity index (χ2v) is 7.81. The number of halogens is 2. The summed E-state index contributed by atoms with van der Waals surface area (Å²) in [5.41, 5.74) is 0.887. The molecule has 1 saturated heterocycles. The molecular weight excluding hydrogens is 473 g/mol. The Kier molecular flexibility index (Phi) is 6.03. The molecule has 0 saturated carbocycles. The topological polar surface area (TPSA) is 46.6 Å². The fraction of sp³-hybridized carbons (Fsp3) is 0.111. The summed E-state index contributed by atoms with van der Waals surface area (Å²) in [6.07, 6.45) is 1.73. The minimum absolute atomic E-state index is 0.180. The summed E-state index contributed by atoms with van der Waals surface area (Å²) in [6, 6.07) is 14.8. The lowest BCUT2D eigenvalue weighted by atomic mass is 10.2. The van der Waals surface area contributed by atoms with Gasteiger partial charge in [-0.05, 0) is 70.3 Å². The van der Waals surface area contributed by atoms with Gasteiger partial charge < -0.3 is 4.74 Å². The van der Waals surface area contributed by atoms with Gasteiger partial charge in [0, 0.05) is 3.57 Å². The second kappa shape index (κ2) is 8.25. The van der Waals surface area contributed by atoms with Crippen LogP contribution in [-0.4, -0.2) is 29.2 Å². The van der Waals surface area contributed by atoms with Crippen molar-refractivity contribution in [2.75, 3.05) is 13.2 Å². The molecule has 0 bridgehead atoms. The molecule has 0 aliphatic carbocycles. The van der Waals surface area contributed by atoms with Crippen molar-refractivity contribution in [1.82, 2.24) is 4.90 Å². The van der Waals surface area contributed by atoms with Crippen LogP contribution in [-0.2, 0) is 4.79 Å². The minimum Gasteiger partial charge on any atom is -0.490 e. The van der Waals surface area contributed by atoms with Gasteiger partial charge in [0.2, 0.25) is 0 Å². The van der Waals surface area contributed by atoms with Crippen molar-refractivity contribution >= 4 is 63.2 Å². The lowest BCUT2D eigenvalue weighted by Crippen LogP contribution is -2.32. The number of thioether (sulfide) groups is 1. The van der Waals surface area contributed by atoms with Crippen LogP contribution >= 0.6 is 46.0 Å². The monoisotopic (exact) mass is 485 g/mol. The van der Waals surface area contributed by atoms with E-state index in [1.54, 1.807) is 24.3 Å². The Hall–Kier alpha value is -1.51. The van der Waals surface area contributed by atoms with E-state index in [4.69, 9.17) is 16.3 Å². The van der Waals surface area contributed by atoms with Gasteiger partial charge in [-0.15, -0.1) is 0 Å². The van der Waals surface area contributed by atoms with E-state index in [-0.39, 0.29) is 24.3 Å². The second-order valence-electron chi connectivity index (χ2n) is 5.16. The number of hydrogen-bond acceptors (Lipinski definition) is 4. The van der Waals surface area contributed by atoms with Crippen LogP contribution < -0.4 is 4.74 Å². The maximum atomic E-state index is 12.4. The van der Waals surface area contributed by atoms with Gasteiger partial charge >= 0.3 is 0 Å². The molecule has 1 fully saturated rings. The van der Waals surface area contributed by atoms with Gasteiger partial charge in [0.15, 0.2) is 0 Å². The van der Waals surface area contributed by atoms with Gasteiger partial charge in [0.25, 0.3) is 11.1 Å². The largest absolute Gasteiger partial charge is 0.490 e. The first-order valence-electron chi connectivity index (χ1n) is 7.43. The molecule has 0 aromatic heterocycles. The smallest absolute Gasteiger partial charge is 0.293 e. The predicted octanol–water partition coefficient (Wildman–Crippen LogP) is 5.06. The molecule has 1 aliphatic heterocycles. The molecule has 7 heteroatoms. The SMILES string of the molecule is O=C1S/C(=C\c2ccc(I)cc2)C(=O)N1CCOc1ccccc1Cl. The van der Waals surface area contributed by atoms with E-state index in [0.29, 0.717) is 15.7 Å². The molecule has 0 spiro atoms. The molecule has 2 aromatic carbocycles. The van der Waals surface area contributed by atoms with E-state index >= 15 is 0 Å². The zero-order valence-electron chi connectivity index (χ0n) is 12.9. The highest BCUT2D eigenvalue weighted by atomic mass is 127. The van der Waals surface area contributed by atoms with Crippen LogP contribution in [0.3, 0.4) is 0 Å². The van der Waals surface area contributed by atoms with Gasteiger partial charge in [-0.3, -0.25) is 14.5 Å². The summed E-state index contributed by atoms with van der Waals surface area (Å²) >= 11 is 9.18. The highest BCUT2D eigenvalue weighted by Crippen LogP contribution is 2.32. The molecule has 0 atom stereocenters. The number of benzene rings is 2. The maximum absolute atomic E-state index is 12.4. The van der Waals surface area contributed by atoms with Crippen LogP contribution in [0.1, 0.15) is 5.56 Å². The van der Waals surface area contributed by atoms with E-state index < -0.39 is 0 Å². The Bertz CT molecular complexity index is 838. The lowest BCUT2D eigenvalue weighted by Gasteiger charge is -2.13. The number of para-hydroxylation sites is 1. The molecule has 128 valence electrons. The van der Waals surface area contributed by atoms with Crippen LogP contribution in [0.25, 0.3) is 6.08 Å². The quantitative estimate of drug-likeness (QED) is 0.439. The molecule has 0 radical (unpaired) electrons. The number of amides is 2. The van der Waals surface area contributed by atoms with Crippen molar-refractivity contribution in [2.24, 2.45) is 0 Å². The minimum atomic E-state index is -0.295. The van der Waals surface area contributed by atoms with E-state index in [1.807, 2.05) is 30.3 Å². The van der Waals surface area contributed by atoms with Crippen molar-refractivity contribution in [3.05, 3.63) is 67.6 Å². The average molecular weight is 486 g/mol. The highest BCUT2D eigenvalue weighted by Gasteiger charge is 2.34. The average Bonchev–Trinajstić information content (AvgIpc) is 2.86. The van der Waals surface area contributed by atoms with Crippen LogP contribution in [0.15, 0.2) is 53.4 Å². The third-order valence-electron chi connectivity index (χ3n) is 3.45. The molecular formula is C18H13ClINO3S. The molecule has 3 rings (SSSR count). The molecule has 25 heavy (non-hydrogen) atoms. The van der Waals surface area contributed by atoms with E-state index in [2.05, 4.69) is 22.6 Å². The first-order valence-corrected chi connectivity index (χ1v) is 9.70. The first-order chi connectivity index (χ1) is 12.0. The van der Waals surface area contributed by atoms with Crippen LogP contribution in [0.4, 0.5) is 4.79 Å². The fourth-order valence-corrected chi connectivity index (χ4v) is 3.63. The fourth-order valence-electron chi connectivity index (χ4n) is 2.21. The number of hydrogen-bond donors (Lipinski definition) is 0. The summed E-state index contributed by atoms with van der Waals surface area (Å²) in [5.74, 6) is 0.238. The summed E-state index contributed by atoms with van der Waals surface area (Å²) in [5, 5.41) is 0.208. The third-order valence-corrected chi connectivity index (χ3v) is 5.39. The van der Waals surface area contributed by atoms with Crippen molar-refractivity contribution < 1.29 is 14.3 Å². The molecule has 2 amide bonds. The lowest BCUT2D eigenvalue weighted by molar-refractivity contribution is -0.123. The molecule has 0 N–H and O–H groups in total. The number of carbonyl (C=O) groups excluding carboxylic acids is 2. The molecule has 1 aliphatic rings. The molecule has 4 nitrogen and oxygen atoms in total. The summed E-state index contributed by atoms with van der Waals surface area (Å²) < 4.78 is 6.67. The van der Waals surface area contributed by atoms with Crippen molar-refractivity contribution in [3.8, 4) is 5.75 Å².